The standard InChI is InChI=1S/C15H17BrN2O2S/c1-10-7-14(17)11(2)15(8-10)21(19,20)18-9-12-3-5-13(16)6-4-12/h3-8,18H,9,17H2,1-2H3. The molecule has 0 heterocycles. The van der Waals surface area contributed by atoms with Crippen LogP contribution in [0.25, 0.3) is 0 Å². The number of nitrogens with two attached hydrogens (primary N) is 1. The number of rotatable bonds is 4. The SMILES string of the molecule is Cc1cc(N)c(C)c(S(=O)(=O)NCc2ccc(Br)cc2)c1. The maximum absolute atomic E-state index is 12.4. The van der Waals surface area contributed by atoms with Gasteiger partial charge >= 0.3 is 0 Å². The van der Waals surface area contributed by atoms with Crippen LogP contribution in [0, 0.1) is 13.8 Å². The average Bonchev–Trinajstić information content (AvgIpc) is 2.42. The maximum Gasteiger partial charge on any atom is 0.241 e. The lowest BCUT2D eigenvalue weighted by atomic mass is 10.1. The number of nitrogens with one attached hydrogen (secondary N) is 1. The van der Waals surface area contributed by atoms with Crippen molar-refractivity contribution in [1.82, 2.24) is 4.72 Å². The van der Waals surface area contributed by atoms with E-state index in [0.717, 1.165) is 15.6 Å². The second-order valence-corrected chi connectivity index (χ2v) is 7.58. The largest absolute Gasteiger partial charge is 0.398 e. The number of hydrogen-bond donors (Lipinski definition) is 2. The third-order valence-corrected chi connectivity index (χ3v) is 5.27. The van der Waals surface area contributed by atoms with Crippen molar-refractivity contribution >= 4 is 31.6 Å². The van der Waals surface area contributed by atoms with Crippen LogP contribution in [0.1, 0.15) is 16.7 Å². The van der Waals surface area contributed by atoms with E-state index in [1.807, 2.05) is 31.2 Å². The fourth-order valence-corrected chi connectivity index (χ4v) is 3.63. The molecule has 0 aliphatic rings. The van der Waals surface area contributed by atoms with Crippen LogP contribution in [0.3, 0.4) is 0 Å². The van der Waals surface area contributed by atoms with E-state index in [2.05, 4.69) is 20.7 Å². The van der Waals surface area contributed by atoms with Crippen molar-refractivity contribution in [1.29, 1.82) is 0 Å². The van der Waals surface area contributed by atoms with Crippen LogP contribution in [-0.2, 0) is 16.6 Å². The van der Waals surface area contributed by atoms with Crippen molar-refractivity contribution in [2.24, 2.45) is 0 Å². The molecule has 0 aliphatic carbocycles. The summed E-state index contributed by atoms with van der Waals surface area (Å²) in [6.45, 7) is 3.77. The molecule has 2 aromatic rings. The minimum atomic E-state index is -3.59. The van der Waals surface area contributed by atoms with Gasteiger partial charge in [0.2, 0.25) is 10.0 Å². The van der Waals surface area contributed by atoms with Crippen LogP contribution in [0.4, 0.5) is 5.69 Å². The van der Waals surface area contributed by atoms with E-state index in [-0.39, 0.29) is 11.4 Å². The van der Waals surface area contributed by atoms with Gasteiger partial charge in [0.1, 0.15) is 0 Å². The van der Waals surface area contributed by atoms with Gasteiger partial charge in [-0.3, -0.25) is 0 Å². The zero-order valence-electron chi connectivity index (χ0n) is 11.9. The Balaban J connectivity index is 2.25. The molecule has 0 fully saturated rings. The van der Waals surface area contributed by atoms with E-state index >= 15 is 0 Å². The predicted octanol–water partition coefficient (Wildman–Crippen LogP) is 3.13. The first kappa shape index (κ1) is 16.0. The summed E-state index contributed by atoms with van der Waals surface area (Å²) in [5, 5.41) is 0. The van der Waals surface area contributed by atoms with E-state index in [1.54, 1.807) is 19.1 Å². The minimum absolute atomic E-state index is 0.233. The van der Waals surface area contributed by atoms with Gasteiger partial charge in [-0.1, -0.05) is 28.1 Å². The van der Waals surface area contributed by atoms with Gasteiger partial charge in [-0.2, -0.15) is 0 Å². The topological polar surface area (TPSA) is 72.2 Å². The summed E-state index contributed by atoms with van der Waals surface area (Å²) in [5.41, 5.74) is 8.61. The Bertz CT molecular complexity index is 756. The second-order valence-electron chi connectivity index (χ2n) is 4.93. The van der Waals surface area contributed by atoms with Crippen LogP contribution in [0.15, 0.2) is 45.8 Å². The van der Waals surface area contributed by atoms with E-state index in [4.69, 9.17) is 5.73 Å². The molecule has 0 bridgehead atoms. The molecule has 4 nitrogen and oxygen atoms in total. The molecular formula is C15H17BrN2O2S. The van der Waals surface area contributed by atoms with E-state index in [0.29, 0.717) is 11.3 Å². The van der Waals surface area contributed by atoms with Crippen LogP contribution in [0.5, 0.6) is 0 Å². The van der Waals surface area contributed by atoms with Crippen molar-refractivity contribution in [3.8, 4) is 0 Å². The summed E-state index contributed by atoms with van der Waals surface area (Å²) in [4.78, 5) is 0.233. The molecule has 0 aliphatic heterocycles. The lowest BCUT2D eigenvalue weighted by Gasteiger charge is -2.12. The van der Waals surface area contributed by atoms with Crippen LogP contribution < -0.4 is 10.5 Å². The molecule has 0 amide bonds. The summed E-state index contributed by atoms with van der Waals surface area (Å²) < 4.78 is 28.4. The van der Waals surface area contributed by atoms with E-state index in [1.165, 1.54) is 0 Å². The van der Waals surface area contributed by atoms with Gasteiger partial charge < -0.3 is 5.73 Å². The Morgan fingerprint density at radius 1 is 1.14 bits per heavy atom. The third kappa shape index (κ3) is 3.84. The van der Waals surface area contributed by atoms with Gasteiger partial charge in [0.15, 0.2) is 0 Å². The highest BCUT2D eigenvalue weighted by Gasteiger charge is 2.18. The van der Waals surface area contributed by atoms with Gasteiger partial charge in [-0.15, -0.1) is 0 Å². The molecule has 6 heteroatoms. The summed E-state index contributed by atoms with van der Waals surface area (Å²) in [7, 11) is -3.59. The Labute approximate surface area is 133 Å². The quantitative estimate of drug-likeness (QED) is 0.814. The molecular weight excluding hydrogens is 352 g/mol. The predicted molar refractivity (Wildman–Crippen MR) is 88.5 cm³/mol. The Morgan fingerprint density at radius 3 is 2.38 bits per heavy atom. The molecule has 0 saturated carbocycles. The molecule has 0 unspecified atom stereocenters. The summed E-state index contributed by atoms with van der Waals surface area (Å²) in [5.74, 6) is 0. The highest BCUT2D eigenvalue weighted by molar-refractivity contribution is 9.10. The van der Waals surface area contributed by atoms with Crippen LogP contribution in [-0.4, -0.2) is 8.42 Å². The highest BCUT2D eigenvalue weighted by Crippen LogP contribution is 2.23. The Hall–Kier alpha value is -1.37. The molecule has 0 radical (unpaired) electrons. The minimum Gasteiger partial charge on any atom is -0.398 e. The zero-order chi connectivity index (χ0) is 15.6. The monoisotopic (exact) mass is 368 g/mol. The molecule has 0 aromatic heterocycles. The molecule has 2 aromatic carbocycles. The number of anilines is 1. The summed E-state index contributed by atoms with van der Waals surface area (Å²) in [6, 6.07) is 10.9. The van der Waals surface area contributed by atoms with Gasteiger partial charge in [0, 0.05) is 16.7 Å². The molecule has 21 heavy (non-hydrogen) atoms. The third-order valence-electron chi connectivity index (χ3n) is 3.21. The molecule has 112 valence electrons. The Morgan fingerprint density at radius 2 is 1.76 bits per heavy atom. The fourth-order valence-electron chi connectivity index (χ4n) is 1.99. The van der Waals surface area contributed by atoms with Gasteiger partial charge in [0.25, 0.3) is 0 Å². The lowest BCUT2D eigenvalue weighted by Crippen LogP contribution is -2.24. The van der Waals surface area contributed by atoms with Crippen molar-refractivity contribution < 1.29 is 8.42 Å². The van der Waals surface area contributed by atoms with Gasteiger partial charge in [-0.05, 0) is 54.8 Å². The number of benzene rings is 2. The maximum atomic E-state index is 12.4. The smallest absolute Gasteiger partial charge is 0.241 e. The zero-order valence-corrected chi connectivity index (χ0v) is 14.3. The second kappa shape index (κ2) is 6.17. The van der Waals surface area contributed by atoms with Crippen LogP contribution >= 0.6 is 15.9 Å². The first-order valence-electron chi connectivity index (χ1n) is 6.40. The summed E-state index contributed by atoms with van der Waals surface area (Å²) >= 11 is 3.35. The lowest BCUT2D eigenvalue weighted by molar-refractivity contribution is 0.580. The normalized spacial score (nSPS) is 11.6. The number of hydrogen-bond acceptors (Lipinski definition) is 3. The van der Waals surface area contributed by atoms with Gasteiger partial charge in [-0.25, -0.2) is 13.1 Å². The number of aryl methyl sites for hydroxylation is 1. The fraction of sp³-hybridized carbons (Fsp3) is 0.200. The molecule has 0 saturated heterocycles. The number of nitrogen functional groups attached to an aromatic ring is 1. The summed E-state index contributed by atoms with van der Waals surface area (Å²) in [6.07, 6.45) is 0. The first-order valence-corrected chi connectivity index (χ1v) is 8.68. The highest BCUT2D eigenvalue weighted by atomic mass is 79.9. The molecule has 0 atom stereocenters. The van der Waals surface area contributed by atoms with Gasteiger partial charge in [0.05, 0.1) is 4.90 Å². The molecule has 0 spiro atoms. The van der Waals surface area contributed by atoms with Crippen molar-refractivity contribution in [3.05, 3.63) is 57.6 Å². The van der Waals surface area contributed by atoms with Crippen molar-refractivity contribution in [2.45, 2.75) is 25.3 Å². The first-order chi connectivity index (χ1) is 9.79. The van der Waals surface area contributed by atoms with Crippen molar-refractivity contribution in [2.75, 3.05) is 5.73 Å². The Kier molecular flexibility index (Phi) is 4.70. The van der Waals surface area contributed by atoms with Crippen molar-refractivity contribution in [3.63, 3.8) is 0 Å². The number of halogens is 1. The van der Waals surface area contributed by atoms with E-state index in [9.17, 15) is 8.42 Å². The van der Waals surface area contributed by atoms with E-state index < -0.39 is 10.0 Å². The molecule has 3 N–H and O–H groups in total. The number of sulfonamides is 1. The average molecular weight is 369 g/mol. The molecule has 2 rings (SSSR count). The van der Waals surface area contributed by atoms with Crippen LogP contribution in [0.2, 0.25) is 0 Å².